The van der Waals surface area contributed by atoms with Crippen molar-refractivity contribution in [3.8, 4) is 17.2 Å². The summed E-state index contributed by atoms with van der Waals surface area (Å²) in [5.74, 6) is 0.716. The van der Waals surface area contributed by atoms with Gasteiger partial charge in [-0.3, -0.25) is 24.6 Å². The molecule has 0 aromatic heterocycles. The van der Waals surface area contributed by atoms with Crippen LogP contribution in [0.2, 0.25) is 0 Å². The molecule has 0 atom stereocenters. The zero-order valence-electron chi connectivity index (χ0n) is 19.6. The number of ether oxygens (including phenoxy) is 3. The lowest BCUT2D eigenvalue weighted by molar-refractivity contribution is -0.384. The number of benzene rings is 2. The van der Waals surface area contributed by atoms with Crippen LogP contribution in [0.15, 0.2) is 36.4 Å². The zero-order valence-corrected chi connectivity index (χ0v) is 19.6. The minimum atomic E-state index is -0.505. The van der Waals surface area contributed by atoms with E-state index in [0.717, 1.165) is 0 Å². The summed E-state index contributed by atoms with van der Waals surface area (Å²) in [5.41, 5.74) is 0.618. The molecule has 1 fully saturated rings. The number of nitro groups is 1. The van der Waals surface area contributed by atoms with Crippen LogP contribution in [0.4, 0.5) is 11.4 Å². The van der Waals surface area contributed by atoms with Crippen molar-refractivity contribution in [2.45, 2.75) is 33.6 Å². The molecule has 1 heterocycles. The zero-order chi connectivity index (χ0) is 24.7. The third-order valence-electron chi connectivity index (χ3n) is 5.26. The molecule has 0 saturated carbocycles. The van der Waals surface area contributed by atoms with Crippen LogP contribution in [0, 0.1) is 10.1 Å². The molecular weight excluding hydrogens is 442 g/mol. The Balaban J connectivity index is 2.05. The van der Waals surface area contributed by atoms with E-state index in [9.17, 15) is 19.7 Å². The molecule has 0 unspecified atom stereocenters. The first-order valence-electron chi connectivity index (χ1n) is 11.3. The van der Waals surface area contributed by atoms with Gasteiger partial charge in [0.2, 0.25) is 11.7 Å². The number of amides is 2. The summed E-state index contributed by atoms with van der Waals surface area (Å²) >= 11 is 0. The molecule has 34 heavy (non-hydrogen) atoms. The second-order valence-electron chi connectivity index (χ2n) is 7.51. The second-order valence-corrected chi connectivity index (χ2v) is 7.51. The molecule has 0 radical (unpaired) electrons. The number of carbonyl (C=O) groups is 2. The summed E-state index contributed by atoms with van der Waals surface area (Å²) in [6.45, 7) is 7.16. The van der Waals surface area contributed by atoms with E-state index >= 15 is 0 Å². The fraction of sp³-hybridized carbons (Fsp3) is 0.417. The van der Waals surface area contributed by atoms with Gasteiger partial charge in [0, 0.05) is 36.3 Å². The van der Waals surface area contributed by atoms with Crippen LogP contribution in [0.3, 0.4) is 0 Å². The maximum atomic E-state index is 13.7. The number of anilines is 1. The van der Waals surface area contributed by atoms with E-state index in [1.165, 1.54) is 29.2 Å². The molecule has 1 aliphatic rings. The smallest absolute Gasteiger partial charge is 0.269 e. The molecule has 1 saturated heterocycles. The SMILES string of the molecule is CCOc1cc(C(=O)N(CN2CCCC2=O)c2ccc([N+](=O)[O-])cc2)cc(OCC)c1OCC. The van der Waals surface area contributed by atoms with Crippen molar-refractivity contribution in [1.82, 2.24) is 4.90 Å². The summed E-state index contributed by atoms with van der Waals surface area (Å²) in [5, 5.41) is 11.1. The Hall–Kier alpha value is -3.82. The largest absolute Gasteiger partial charge is 0.490 e. The van der Waals surface area contributed by atoms with Crippen LogP contribution < -0.4 is 19.1 Å². The number of rotatable bonds is 11. The maximum Gasteiger partial charge on any atom is 0.269 e. The molecule has 182 valence electrons. The van der Waals surface area contributed by atoms with Crippen molar-refractivity contribution in [1.29, 1.82) is 0 Å². The molecule has 10 heteroatoms. The summed E-state index contributed by atoms with van der Waals surface area (Å²) in [6.07, 6.45) is 1.14. The van der Waals surface area contributed by atoms with Crippen molar-refractivity contribution < 1.29 is 28.7 Å². The van der Waals surface area contributed by atoms with Gasteiger partial charge < -0.3 is 19.1 Å². The van der Waals surface area contributed by atoms with Gasteiger partial charge in [0.15, 0.2) is 11.5 Å². The molecule has 0 aliphatic carbocycles. The highest BCUT2D eigenvalue weighted by Crippen LogP contribution is 2.40. The maximum absolute atomic E-state index is 13.7. The number of carbonyl (C=O) groups excluding carboxylic acids is 2. The number of hydrogen-bond donors (Lipinski definition) is 0. The van der Waals surface area contributed by atoms with Gasteiger partial charge in [0.1, 0.15) is 6.67 Å². The van der Waals surface area contributed by atoms with Crippen LogP contribution in [0.25, 0.3) is 0 Å². The second kappa shape index (κ2) is 11.4. The molecule has 2 aromatic carbocycles. The fourth-order valence-electron chi connectivity index (χ4n) is 3.71. The number of nitrogens with zero attached hydrogens (tertiary/aromatic N) is 3. The van der Waals surface area contributed by atoms with E-state index in [2.05, 4.69) is 0 Å². The van der Waals surface area contributed by atoms with Crippen LogP contribution in [0.1, 0.15) is 44.0 Å². The summed E-state index contributed by atoms with van der Waals surface area (Å²) in [6, 6.07) is 8.83. The lowest BCUT2D eigenvalue weighted by Gasteiger charge is -2.28. The summed E-state index contributed by atoms with van der Waals surface area (Å²) in [4.78, 5) is 39.6. The molecule has 1 aliphatic heterocycles. The molecule has 0 N–H and O–H groups in total. The number of non-ortho nitro benzene ring substituents is 1. The molecular formula is C24H29N3O7. The van der Waals surface area contributed by atoms with Gasteiger partial charge in [-0.1, -0.05) is 0 Å². The molecule has 10 nitrogen and oxygen atoms in total. The summed E-state index contributed by atoms with van der Waals surface area (Å²) < 4.78 is 17.2. The Kier molecular flexibility index (Phi) is 8.29. The minimum absolute atomic E-state index is 0.0244. The van der Waals surface area contributed by atoms with E-state index in [4.69, 9.17) is 14.2 Å². The fourth-order valence-corrected chi connectivity index (χ4v) is 3.71. The van der Waals surface area contributed by atoms with Crippen molar-refractivity contribution in [3.63, 3.8) is 0 Å². The van der Waals surface area contributed by atoms with Crippen molar-refractivity contribution in [2.75, 3.05) is 37.9 Å². The Morgan fingerprint density at radius 3 is 2.09 bits per heavy atom. The molecule has 2 aromatic rings. The van der Waals surface area contributed by atoms with Gasteiger partial charge >= 0.3 is 0 Å². The predicted octanol–water partition coefficient (Wildman–Crippen LogP) is 4.02. The Morgan fingerprint density at radius 1 is 1.03 bits per heavy atom. The third kappa shape index (κ3) is 5.56. The van der Waals surface area contributed by atoms with Crippen LogP contribution in [-0.2, 0) is 4.79 Å². The molecule has 0 bridgehead atoms. The first-order chi connectivity index (χ1) is 16.4. The molecule has 0 spiro atoms. The van der Waals surface area contributed by atoms with Crippen molar-refractivity contribution in [2.24, 2.45) is 0 Å². The Labute approximate surface area is 198 Å². The van der Waals surface area contributed by atoms with E-state index < -0.39 is 10.8 Å². The van der Waals surface area contributed by atoms with Gasteiger partial charge in [-0.05, 0) is 51.5 Å². The van der Waals surface area contributed by atoms with Crippen LogP contribution in [0.5, 0.6) is 17.2 Å². The number of hydrogen-bond acceptors (Lipinski definition) is 7. The highest BCUT2D eigenvalue weighted by molar-refractivity contribution is 6.07. The molecule has 2 amide bonds. The lowest BCUT2D eigenvalue weighted by Crippen LogP contribution is -2.42. The van der Waals surface area contributed by atoms with Gasteiger partial charge in [0.05, 0.1) is 24.7 Å². The highest BCUT2D eigenvalue weighted by Gasteiger charge is 2.28. The number of nitro benzene ring substituents is 1. The minimum Gasteiger partial charge on any atom is -0.490 e. The van der Waals surface area contributed by atoms with Gasteiger partial charge in [-0.15, -0.1) is 0 Å². The highest BCUT2D eigenvalue weighted by atomic mass is 16.6. The van der Waals surface area contributed by atoms with E-state index in [-0.39, 0.29) is 23.8 Å². The van der Waals surface area contributed by atoms with Crippen molar-refractivity contribution >= 4 is 23.2 Å². The quantitative estimate of drug-likeness (QED) is 0.359. The van der Waals surface area contributed by atoms with E-state index in [1.807, 2.05) is 20.8 Å². The monoisotopic (exact) mass is 471 g/mol. The first-order valence-corrected chi connectivity index (χ1v) is 11.3. The van der Waals surface area contributed by atoms with Gasteiger partial charge in [-0.2, -0.15) is 0 Å². The lowest BCUT2D eigenvalue weighted by atomic mass is 10.1. The normalized spacial score (nSPS) is 13.0. The number of likely N-dealkylation sites (tertiary alicyclic amines) is 1. The Bertz CT molecular complexity index is 1010. The van der Waals surface area contributed by atoms with E-state index in [0.29, 0.717) is 62.1 Å². The standard InChI is InChI=1S/C24H29N3O7/c1-4-32-20-14-17(15-21(33-5-2)23(20)34-6-3)24(29)26(16-25-13-7-8-22(25)28)18-9-11-19(12-10-18)27(30)31/h9-12,14-15H,4-8,13,16H2,1-3H3. The first kappa shape index (κ1) is 24.8. The van der Waals surface area contributed by atoms with Crippen LogP contribution in [-0.4, -0.2) is 54.7 Å². The molecule has 3 rings (SSSR count). The van der Waals surface area contributed by atoms with Crippen LogP contribution >= 0.6 is 0 Å². The summed E-state index contributed by atoms with van der Waals surface area (Å²) in [7, 11) is 0. The third-order valence-corrected chi connectivity index (χ3v) is 5.26. The van der Waals surface area contributed by atoms with Gasteiger partial charge in [0.25, 0.3) is 11.6 Å². The average molecular weight is 472 g/mol. The topological polar surface area (TPSA) is 111 Å². The van der Waals surface area contributed by atoms with Gasteiger partial charge in [-0.25, -0.2) is 0 Å². The Morgan fingerprint density at radius 2 is 1.62 bits per heavy atom. The predicted molar refractivity (Wildman–Crippen MR) is 126 cm³/mol. The van der Waals surface area contributed by atoms with Crippen molar-refractivity contribution in [3.05, 3.63) is 52.1 Å². The average Bonchev–Trinajstić information content (AvgIpc) is 3.23. The van der Waals surface area contributed by atoms with E-state index in [1.54, 1.807) is 17.0 Å².